The van der Waals surface area contributed by atoms with Gasteiger partial charge in [-0.3, -0.25) is 4.79 Å². The predicted molar refractivity (Wildman–Crippen MR) is 74.3 cm³/mol. The summed E-state index contributed by atoms with van der Waals surface area (Å²) in [5.74, 6) is 0.0369. The summed E-state index contributed by atoms with van der Waals surface area (Å²) >= 11 is 6.48. The van der Waals surface area contributed by atoms with Gasteiger partial charge in [-0.1, -0.05) is 50.4 Å². The number of rotatable bonds is 7. The lowest BCUT2D eigenvalue weighted by molar-refractivity contribution is 0.0881. The van der Waals surface area contributed by atoms with Crippen molar-refractivity contribution < 1.29 is 4.79 Å². The molecule has 0 aliphatic rings. The summed E-state index contributed by atoms with van der Waals surface area (Å²) in [5.41, 5.74) is 0. The second-order valence-electron chi connectivity index (χ2n) is 4.21. The van der Waals surface area contributed by atoms with E-state index in [9.17, 15) is 4.79 Å². The molecule has 0 unspecified atom stereocenters. The Kier molecular flexibility index (Phi) is 6.58. The van der Waals surface area contributed by atoms with Gasteiger partial charge in [0.05, 0.1) is 0 Å². The fourth-order valence-electron chi connectivity index (χ4n) is 1.69. The molecule has 0 aromatic carbocycles. The van der Waals surface area contributed by atoms with Crippen LogP contribution < -0.4 is 0 Å². The molecule has 5 heteroatoms. The second kappa shape index (κ2) is 7.71. The van der Waals surface area contributed by atoms with Gasteiger partial charge >= 0.3 is 0 Å². The van der Waals surface area contributed by atoms with E-state index >= 15 is 0 Å². The lowest BCUT2D eigenvalue weighted by Crippen LogP contribution is -2.12. The van der Waals surface area contributed by atoms with E-state index in [1.807, 2.05) is 6.92 Å². The largest absolute Gasteiger partial charge is 0.273 e. The fraction of sp³-hybridized carbons (Fsp3) is 0.750. The molecule has 17 heavy (non-hydrogen) atoms. The first-order chi connectivity index (χ1) is 8.15. The summed E-state index contributed by atoms with van der Waals surface area (Å²) in [6, 6.07) is 0. The molecule has 0 aliphatic heterocycles. The number of nitrogens with zero attached hydrogens (tertiary/aromatic N) is 2. The van der Waals surface area contributed by atoms with Crippen LogP contribution in [0.3, 0.4) is 0 Å². The van der Waals surface area contributed by atoms with Crippen molar-refractivity contribution in [2.24, 2.45) is 0 Å². The van der Waals surface area contributed by atoms with Gasteiger partial charge in [-0.15, -0.1) is 0 Å². The fourth-order valence-corrected chi connectivity index (χ4v) is 2.80. The van der Waals surface area contributed by atoms with Crippen LogP contribution in [0.2, 0.25) is 0 Å². The SMILES string of the molecule is CCCCCCCCC(=O)n1nc(C)sc1=S. The number of hydrogen-bond acceptors (Lipinski definition) is 4. The zero-order valence-electron chi connectivity index (χ0n) is 10.6. The Labute approximate surface area is 112 Å². The lowest BCUT2D eigenvalue weighted by Gasteiger charge is -2.00. The second-order valence-corrected chi connectivity index (χ2v) is 6.04. The molecule has 0 atom stereocenters. The van der Waals surface area contributed by atoms with E-state index in [2.05, 4.69) is 12.0 Å². The summed E-state index contributed by atoms with van der Waals surface area (Å²) in [5, 5.41) is 4.97. The number of hydrogen-bond donors (Lipinski definition) is 0. The minimum atomic E-state index is 0.0369. The third-order valence-electron chi connectivity index (χ3n) is 2.63. The summed E-state index contributed by atoms with van der Waals surface area (Å²) in [6.07, 6.45) is 7.69. The number of unbranched alkanes of at least 4 members (excludes halogenated alkanes) is 5. The van der Waals surface area contributed by atoms with Crippen molar-refractivity contribution in [1.82, 2.24) is 9.78 Å². The molecule has 1 aromatic heterocycles. The zero-order chi connectivity index (χ0) is 12.7. The minimum Gasteiger partial charge on any atom is -0.273 e. The van der Waals surface area contributed by atoms with Crippen LogP contribution in [-0.4, -0.2) is 15.7 Å². The van der Waals surface area contributed by atoms with E-state index in [1.54, 1.807) is 0 Å². The third-order valence-corrected chi connectivity index (χ3v) is 3.78. The normalized spacial score (nSPS) is 10.7. The number of aryl methyl sites for hydroxylation is 1. The van der Waals surface area contributed by atoms with Crippen LogP contribution in [0.5, 0.6) is 0 Å². The molecule has 1 heterocycles. The van der Waals surface area contributed by atoms with Gasteiger partial charge in [0.1, 0.15) is 5.01 Å². The zero-order valence-corrected chi connectivity index (χ0v) is 12.2. The quantitative estimate of drug-likeness (QED) is 0.546. The lowest BCUT2D eigenvalue weighted by atomic mass is 10.1. The maximum atomic E-state index is 11.8. The Bertz CT molecular complexity index is 409. The Hall–Kier alpha value is -0.550. The average molecular weight is 272 g/mol. The van der Waals surface area contributed by atoms with Gasteiger partial charge in [0, 0.05) is 6.42 Å². The van der Waals surface area contributed by atoms with E-state index < -0.39 is 0 Å². The molecule has 3 nitrogen and oxygen atoms in total. The van der Waals surface area contributed by atoms with Crippen LogP contribution in [0.25, 0.3) is 0 Å². The van der Waals surface area contributed by atoms with E-state index in [1.165, 1.54) is 41.7 Å². The number of carbonyl (C=O) groups is 1. The summed E-state index contributed by atoms with van der Waals surface area (Å²) in [7, 11) is 0. The predicted octanol–water partition coefficient (Wildman–Crippen LogP) is 4.37. The molecule has 0 saturated carbocycles. The van der Waals surface area contributed by atoms with Crippen molar-refractivity contribution in [3.63, 3.8) is 0 Å². The van der Waals surface area contributed by atoms with Crippen molar-refractivity contribution in [2.75, 3.05) is 0 Å². The summed E-state index contributed by atoms with van der Waals surface area (Å²) in [6.45, 7) is 4.07. The molecule has 96 valence electrons. The molecule has 0 fully saturated rings. The van der Waals surface area contributed by atoms with Gasteiger partial charge in [-0.05, 0) is 25.6 Å². The van der Waals surface area contributed by atoms with Gasteiger partial charge in [0.25, 0.3) is 0 Å². The van der Waals surface area contributed by atoms with Gasteiger partial charge in [-0.2, -0.15) is 9.78 Å². The Balaban J connectivity index is 2.26. The summed E-state index contributed by atoms with van der Waals surface area (Å²) in [4.78, 5) is 11.8. The average Bonchev–Trinajstić information content (AvgIpc) is 2.62. The van der Waals surface area contributed by atoms with Crippen molar-refractivity contribution in [1.29, 1.82) is 0 Å². The highest BCUT2D eigenvalue weighted by Gasteiger charge is 2.08. The molecule has 0 amide bonds. The Morgan fingerprint density at radius 1 is 1.29 bits per heavy atom. The molecule has 0 aliphatic carbocycles. The monoisotopic (exact) mass is 272 g/mol. The van der Waals surface area contributed by atoms with Crippen molar-refractivity contribution in [3.8, 4) is 0 Å². The van der Waals surface area contributed by atoms with E-state index in [0.29, 0.717) is 10.4 Å². The van der Waals surface area contributed by atoms with Crippen LogP contribution >= 0.6 is 23.6 Å². The van der Waals surface area contributed by atoms with Crippen molar-refractivity contribution in [2.45, 2.75) is 58.8 Å². The van der Waals surface area contributed by atoms with Crippen LogP contribution in [0.1, 0.15) is 61.7 Å². The van der Waals surface area contributed by atoms with E-state index in [0.717, 1.165) is 17.8 Å². The number of aromatic nitrogens is 2. The molecule has 0 saturated heterocycles. The highest BCUT2D eigenvalue weighted by molar-refractivity contribution is 7.73. The first-order valence-electron chi connectivity index (χ1n) is 6.25. The first-order valence-corrected chi connectivity index (χ1v) is 7.47. The minimum absolute atomic E-state index is 0.0369. The van der Waals surface area contributed by atoms with Crippen molar-refractivity contribution in [3.05, 3.63) is 8.96 Å². The first kappa shape index (κ1) is 14.5. The van der Waals surface area contributed by atoms with Crippen molar-refractivity contribution >= 4 is 29.5 Å². The maximum absolute atomic E-state index is 11.8. The molecular weight excluding hydrogens is 252 g/mol. The Morgan fingerprint density at radius 2 is 1.94 bits per heavy atom. The van der Waals surface area contributed by atoms with Crippen LogP contribution in [0.15, 0.2) is 0 Å². The molecule has 0 N–H and O–H groups in total. The maximum Gasteiger partial charge on any atom is 0.248 e. The van der Waals surface area contributed by atoms with Crippen LogP contribution in [0, 0.1) is 10.9 Å². The van der Waals surface area contributed by atoms with E-state index in [4.69, 9.17) is 12.2 Å². The smallest absolute Gasteiger partial charge is 0.248 e. The molecule has 0 radical (unpaired) electrons. The molecule has 1 rings (SSSR count). The van der Waals surface area contributed by atoms with Gasteiger partial charge in [0.15, 0.2) is 3.95 Å². The summed E-state index contributed by atoms with van der Waals surface area (Å²) < 4.78 is 1.94. The topological polar surface area (TPSA) is 34.9 Å². The molecule has 0 bridgehead atoms. The molecule has 1 aromatic rings. The number of carbonyl (C=O) groups excluding carboxylic acids is 1. The highest BCUT2D eigenvalue weighted by atomic mass is 32.1. The van der Waals surface area contributed by atoms with Crippen LogP contribution in [0.4, 0.5) is 0 Å². The molecular formula is C12H20N2OS2. The molecule has 0 spiro atoms. The third kappa shape index (κ3) is 5.08. The van der Waals surface area contributed by atoms with Crippen LogP contribution in [-0.2, 0) is 0 Å². The Morgan fingerprint density at radius 3 is 2.53 bits per heavy atom. The highest BCUT2D eigenvalue weighted by Crippen LogP contribution is 2.10. The van der Waals surface area contributed by atoms with Gasteiger partial charge in [0.2, 0.25) is 5.91 Å². The standard InChI is InChI=1S/C12H20N2OS2/c1-3-4-5-6-7-8-9-11(15)14-12(16)17-10(2)13-14/h3-9H2,1-2H3. The van der Waals surface area contributed by atoms with Gasteiger partial charge < -0.3 is 0 Å². The van der Waals surface area contributed by atoms with Gasteiger partial charge in [-0.25, -0.2) is 0 Å². The van der Waals surface area contributed by atoms with E-state index in [-0.39, 0.29) is 5.91 Å².